The number of aromatic nitrogens is 2. The zero-order chi connectivity index (χ0) is 13.4. The topological polar surface area (TPSA) is 55.1 Å². The van der Waals surface area contributed by atoms with Gasteiger partial charge in [0.25, 0.3) is 0 Å². The summed E-state index contributed by atoms with van der Waals surface area (Å²) in [6.07, 6.45) is 0. The van der Waals surface area contributed by atoms with E-state index in [1.54, 1.807) is 13.8 Å². The lowest BCUT2D eigenvalue weighted by atomic mass is 10.2. The van der Waals surface area contributed by atoms with Crippen LogP contribution in [0, 0.1) is 19.7 Å². The molecule has 2 aromatic rings. The molecule has 2 rings (SSSR count). The first-order chi connectivity index (χ1) is 8.43. The van der Waals surface area contributed by atoms with Crippen molar-refractivity contribution >= 4 is 17.6 Å². The average Bonchev–Trinajstić information content (AvgIpc) is 2.54. The largest absolute Gasteiger partial charge is 0.478 e. The highest BCUT2D eigenvalue weighted by atomic mass is 35.5. The monoisotopic (exact) mass is 268 g/mol. The minimum atomic E-state index is -1.09. The minimum Gasteiger partial charge on any atom is -0.478 e. The molecule has 1 N–H and O–H groups in total. The molecule has 0 aliphatic carbocycles. The predicted octanol–water partition coefficient (Wildman–Crippen LogP) is 2.98. The molecule has 0 saturated heterocycles. The lowest BCUT2D eigenvalue weighted by molar-refractivity contribution is 0.0695. The van der Waals surface area contributed by atoms with Crippen LogP contribution in [-0.2, 0) is 0 Å². The van der Waals surface area contributed by atoms with E-state index in [4.69, 9.17) is 16.7 Å². The highest BCUT2D eigenvalue weighted by molar-refractivity contribution is 6.32. The second-order valence-corrected chi connectivity index (χ2v) is 4.24. The molecule has 18 heavy (non-hydrogen) atoms. The molecular weight excluding hydrogens is 259 g/mol. The predicted molar refractivity (Wildman–Crippen MR) is 65.0 cm³/mol. The molecule has 0 atom stereocenters. The second kappa shape index (κ2) is 4.42. The Hall–Kier alpha value is -1.88. The van der Waals surface area contributed by atoms with Crippen molar-refractivity contribution in [2.75, 3.05) is 0 Å². The van der Waals surface area contributed by atoms with Crippen LogP contribution in [-0.4, -0.2) is 20.9 Å². The zero-order valence-corrected chi connectivity index (χ0v) is 10.5. The Morgan fingerprint density at radius 2 is 2.11 bits per heavy atom. The first-order valence-corrected chi connectivity index (χ1v) is 5.55. The van der Waals surface area contributed by atoms with Gasteiger partial charge in [-0.25, -0.2) is 13.9 Å². The first kappa shape index (κ1) is 12.6. The summed E-state index contributed by atoms with van der Waals surface area (Å²) in [6.45, 7) is 3.12. The number of hydrogen-bond donors (Lipinski definition) is 1. The lowest BCUT2D eigenvalue weighted by Crippen LogP contribution is -2.05. The van der Waals surface area contributed by atoms with Crippen molar-refractivity contribution in [2.24, 2.45) is 0 Å². The summed E-state index contributed by atoms with van der Waals surface area (Å²) < 4.78 is 15.0. The van der Waals surface area contributed by atoms with Gasteiger partial charge < -0.3 is 5.11 Å². The Bertz CT molecular complexity index is 617. The molecule has 0 aliphatic heterocycles. The van der Waals surface area contributed by atoms with Crippen molar-refractivity contribution < 1.29 is 14.3 Å². The van der Waals surface area contributed by atoms with Gasteiger partial charge in [0.15, 0.2) is 0 Å². The van der Waals surface area contributed by atoms with Gasteiger partial charge in [0.1, 0.15) is 17.1 Å². The third kappa shape index (κ3) is 1.86. The van der Waals surface area contributed by atoms with Gasteiger partial charge in [0.05, 0.1) is 16.4 Å². The number of benzene rings is 1. The van der Waals surface area contributed by atoms with E-state index in [0.29, 0.717) is 11.4 Å². The van der Waals surface area contributed by atoms with Gasteiger partial charge in [-0.15, -0.1) is 0 Å². The fourth-order valence-corrected chi connectivity index (χ4v) is 2.10. The number of carboxylic acid groups (broad SMARTS) is 1. The number of rotatable bonds is 2. The molecule has 0 saturated carbocycles. The second-order valence-electron chi connectivity index (χ2n) is 3.83. The van der Waals surface area contributed by atoms with Gasteiger partial charge in [0, 0.05) is 0 Å². The van der Waals surface area contributed by atoms with Gasteiger partial charge in [0.2, 0.25) is 0 Å². The van der Waals surface area contributed by atoms with Crippen molar-refractivity contribution in [3.05, 3.63) is 46.0 Å². The number of nitrogens with zero attached hydrogens (tertiary/aromatic N) is 2. The Morgan fingerprint density at radius 3 is 2.61 bits per heavy atom. The summed E-state index contributed by atoms with van der Waals surface area (Å²) in [5, 5.41) is 13.3. The Morgan fingerprint density at radius 1 is 1.44 bits per heavy atom. The van der Waals surface area contributed by atoms with Gasteiger partial charge in [-0.1, -0.05) is 17.7 Å². The van der Waals surface area contributed by atoms with Crippen molar-refractivity contribution in [3.8, 4) is 5.69 Å². The van der Waals surface area contributed by atoms with Crippen LogP contribution in [0.2, 0.25) is 5.02 Å². The van der Waals surface area contributed by atoms with Gasteiger partial charge >= 0.3 is 5.97 Å². The molecule has 0 radical (unpaired) electrons. The van der Waals surface area contributed by atoms with Crippen molar-refractivity contribution in [3.63, 3.8) is 0 Å². The number of aryl methyl sites for hydroxylation is 1. The van der Waals surface area contributed by atoms with E-state index >= 15 is 0 Å². The number of halogens is 2. The Labute approximate surface area is 108 Å². The van der Waals surface area contributed by atoms with E-state index in [9.17, 15) is 9.18 Å². The average molecular weight is 269 g/mol. The highest BCUT2D eigenvalue weighted by Crippen LogP contribution is 2.26. The molecule has 0 spiro atoms. The molecule has 1 aromatic carbocycles. The molecular formula is C12H10ClFN2O2. The zero-order valence-electron chi connectivity index (χ0n) is 9.74. The van der Waals surface area contributed by atoms with E-state index in [1.807, 2.05) is 0 Å². The fourth-order valence-electron chi connectivity index (χ4n) is 1.86. The fraction of sp³-hybridized carbons (Fsp3) is 0.167. The summed E-state index contributed by atoms with van der Waals surface area (Å²) in [4.78, 5) is 11.1. The van der Waals surface area contributed by atoms with Crippen LogP contribution >= 0.6 is 11.6 Å². The summed E-state index contributed by atoms with van der Waals surface area (Å²) in [7, 11) is 0. The van der Waals surface area contributed by atoms with Crippen LogP contribution in [0.1, 0.15) is 21.7 Å². The molecule has 0 fully saturated rings. The molecule has 0 aliphatic rings. The quantitative estimate of drug-likeness (QED) is 0.911. The third-order valence-corrected chi connectivity index (χ3v) is 2.96. The van der Waals surface area contributed by atoms with Crippen molar-refractivity contribution in [2.45, 2.75) is 13.8 Å². The molecule has 0 amide bonds. The smallest absolute Gasteiger partial charge is 0.339 e. The lowest BCUT2D eigenvalue weighted by Gasteiger charge is -2.07. The molecule has 0 unspecified atom stereocenters. The van der Waals surface area contributed by atoms with E-state index < -0.39 is 11.8 Å². The summed E-state index contributed by atoms with van der Waals surface area (Å²) in [5.74, 6) is -1.64. The Balaban J connectivity index is 2.73. The maximum absolute atomic E-state index is 13.8. The van der Waals surface area contributed by atoms with E-state index in [1.165, 1.54) is 22.9 Å². The van der Waals surface area contributed by atoms with Crippen LogP contribution < -0.4 is 0 Å². The van der Waals surface area contributed by atoms with E-state index in [2.05, 4.69) is 5.10 Å². The summed E-state index contributed by atoms with van der Waals surface area (Å²) >= 11 is 5.93. The van der Waals surface area contributed by atoms with Crippen LogP contribution in [0.4, 0.5) is 4.39 Å². The molecule has 94 valence electrons. The molecule has 4 nitrogen and oxygen atoms in total. The molecule has 1 heterocycles. The maximum Gasteiger partial charge on any atom is 0.339 e. The van der Waals surface area contributed by atoms with Gasteiger partial charge in [-0.3, -0.25) is 0 Å². The summed E-state index contributed by atoms with van der Waals surface area (Å²) in [5.41, 5.74) is 0.785. The number of aromatic carboxylic acids is 1. The normalized spacial score (nSPS) is 10.7. The SMILES string of the molecule is Cc1nn(-c2c(F)cccc2Cl)c(C)c1C(=O)O. The number of carbonyl (C=O) groups is 1. The van der Waals surface area contributed by atoms with Crippen LogP contribution in [0.25, 0.3) is 5.69 Å². The number of hydrogen-bond acceptors (Lipinski definition) is 2. The van der Waals surface area contributed by atoms with E-state index in [-0.39, 0.29) is 16.3 Å². The molecule has 6 heteroatoms. The highest BCUT2D eigenvalue weighted by Gasteiger charge is 2.21. The first-order valence-electron chi connectivity index (χ1n) is 5.17. The van der Waals surface area contributed by atoms with Gasteiger partial charge in [-0.2, -0.15) is 5.10 Å². The van der Waals surface area contributed by atoms with E-state index in [0.717, 1.165) is 0 Å². The van der Waals surface area contributed by atoms with Crippen LogP contribution in [0.5, 0.6) is 0 Å². The standard InChI is InChI=1S/C12H10ClFN2O2/c1-6-10(12(17)18)7(2)16(15-6)11-8(13)4-3-5-9(11)14/h3-5H,1-2H3,(H,17,18). The minimum absolute atomic E-state index is 0.0623. The van der Waals surface area contributed by atoms with Crippen molar-refractivity contribution in [1.82, 2.24) is 9.78 Å². The van der Waals surface area contributed by atoms with Crippen LogP contribution in [0.3, 0.4) is 0 Å². The van der Waals surface area contributed by atoms with Gasteiger partial charge in [-0.05, 0) is 26.0 Å². The number of carboxylic acids is 1. The summed E-state index contributed by atoms with van der Waals surface area (Å²) in [6, 6.07) is 4.25. The van der Waals surface area contributed by atoms with Crippen molar-refractivity contribution in [1.29, 1.82) is 0 Å². The number of para-hydroxylation sites is 1. The third-order valence-electron chi connectivity index (χ3n) is 2.65. The molecule has 0 bridgehead atoms. The Kier molecular flexibility index (Phi) is 3.09. The maximum atomic E-state index is 13.8. The van der Waals surface area contributed by atoms with Crippen LogP contribution in [0.15, 0.2) is 18.2 Å². The molecule has 1 aromatic heterocycles.